The lowest BCUT2D eigenvalue weighted by Gasteiger charge is -2.31. The number of rotatable bonds is 45. The first-order valence-corrected chi connectivity index (χ1v) is 25.4. The maximum absolute atomic E-state index is 12.8. The van der Waals surface area contributed by atoms with Gasteiger partial charge >= 0.3 is 17.9 Å². The molecule has 0 saturated heterocycles. The normalized spacial score (nSPS) is 13.4. The Morgan fingerprint density at radius 2 is 0.919 bits per heavy atom. The first-order valence-electron chi connectivity index (χ1n) is 25.4. The Hall–Kier alpha value is -2.97. The number of esters is 2. The molecule has 0 heterocycles. The number of carboxylic acids is 1. The minimum atomic E-state index is -0.881. The van der Waals surface area contributed by atoms with E-state index < -0.39 is 18.1 Å². The van der Waals surface area contributed by atoms with Crippen LogP contribution in [0.5, 0.6) is 0 Å². The van der Waals surface area contributed by atoms with Crippen LogP contribution in [0.3, 0.4) is 0 Å². The number of carboxylic acid groups (broad SMARTS) is 1. The molecule has 8 nitrogen and oxygen atoms in total. The summed E-state index contributed by atoms with van der Waals surface area (Å²) in [5.74, 6) is -1.50. The lowest BCUT2D eigenvalue weighted by Crippen LogP contribution is -2.50. The molecule has 1 N–H and O–H groups in total. The Bertz CT molecular complexity index is 1200. The summed E-state index contributed by atoms with van der Waals surface area (Å²) in [6.45, 7) is 4.58. The van der Waals surface area contributed by atoms with E-state index in [2.05, 4.69) is 50.3 Å². The Morgan fingerprint density at radius 3 is 1.39 bits per heavy atom. The molecule has 0 bridgehead atoms. The average Bonchev–Trinajstić information content (AvgIpc) is 3.23. The third-order valence-corrected chi connectivity index (χ3v) is 11.2. The van der Waals surface area contributed by atoms with Gasteiger partial charge in [-0.1, -0.05) is 197 Å². The number of unbranched alkanes of at least 4 members (excludes halogenated alkanes) is 24. The monoisotopic (exact) mass is 871 g/mol. The maximum atomic E-state index is 12.8. The van der Waals surface area contributed by atoms with Crippen molar-refractivity contribution in [3.63, 3.8) is 0 Å². The van der Waals surface area contributed by atoms with Gasteiger partial charge in [0.1, 0.15) is 6.61 Å². The molecule has 0 aliphatic carbocycles. The fourth-order valence-electron chi connectivity index (χ4n) is 7.33. The Labute approximate surface area is 381 Å². The SMILES string of the molecule is CC/C=C/C=C/C=C/C=C/CCCCCCCC(=O)OC(COCCC(C(=O)O)[N+](C)(C)C)COC(=O)CCCCCCCCC/C=C/CCCCCCCCCCCCCC. The lowest BCUT2D eigenvalue weighted by atomic mass is 10.0. The first-order chi connectivity index (χ1) is 30.1. The van der Waals surface area contributed by atoms with Crippen LogP contribution >= 0.6 is 0 Å². The third kappa shape index (κ3) is 42.3. The maximum Gasteiger partial charge on any atom is 0.362 e. The Balaban J connectivity index is 4.24. The van der Waals surface area contributed by atoms with Gasteiger partial charge in [-0.2, -0.15) is 0 Å². The molecule has 0 fully saturated rings. The Kier molecular flexibility index (Phi) is 42.5. The quantitative estimate of drug-likeness (QED) is 0.0214. The van der Waals surface area contributed by atoms with E-state index in [-0.39, 0.29) is 36.2 Å². The molecular weight excluding hydrogens is 775 g/mol. The number of likely N-dealkylation sites (N-methyl/N-ethyl adjacent to an activating group) is 1. The van der Waals surface area contributed by atoms with Crippen molar-refractivity contribution < 1.29 is 38.2 Å². The molecule has 8 heteroatoms. The molecule has 0 radical (unpaired) electrons. The van der Waals surface area contributed by atoms with E-state index in [0.29, 0.717) is 19.3 Å². The van der Waals surface area contributed by atoms with Crippen LogP contribution in [0.2, 0.25) is 0 Å². The number of nitrogens with zero attached hydrogens (tertiary/aromatic N) is 1. The highest BCUT2D eigenvalue weighted by Crippen LogP contribution is 2.15. The van der Waals surface area contributed by atoms with Gasteiger partial charge in [0.15, 0.2) is 12.1 Å². The van der Waals surface area contributed by atoms with Crippen LogP contribution in [-0.4, -0.2) is 80.6 Å². The molecule has 2 atom stereocenters. The van der Waals surface area contributed by atoms with Gasteiger partial charge in [-0.15, -0.1) is 0 Å². The van der Waals surface area contributed by atoms with Crippen LogP contribution in [0.15, 0.2) is 60.8 Å². The fourth-order valence-corrected chi connectivity index (χ4v) is 7.33. The third-order valence-electron chi connectivity index (χ3n) is 11.2. The van der Waals surface area contributed by atoms with Crippen molar-refractivity contribution in [2.75, 3.05) is 41.0 Å². The summed E-state index contributed by atoms with van der Waals surface area (Å²) in [6.07, 6.45) is 55.6. The fraction of sp³-hybridized carbons (Fsp3) is 0.759. The average molecular weight is 871 g/mol. The Morgan fingerprint density at radius 1 is 0.500 bits per heavy atom. The van der Waals surface area contributed by atoms with E-state index in [4.69, 9.17) is 14.2 Å². The van der Waals surface area contributed by atoms with Gasteiger partial charge in [0, 0.05) is 19.3 Å². The van der Waals surface area contributed by atoms with Crippen LogP contribution in [0.25, 0.3) is 0 Å². The van der Waals surface area contributed by atoms with Gasteiger partial charge in [0.25, 0.3) is 0 Å². The van der Waals surface area contributed by atoms with Gasteiger partial charge in [0.2, 0.25) is 0 Å². The number of ether oxygens (including phenoxy) is 3. The van der Waals surface area contributed by atoms with Crippen LogP contribution in [0, 0.1) is 0 Å². The van der Waals surface area contributed by atoms with Gasteiger partial charge in [0.05, 0.1) is 34.4 Å². The minimum Gasteiger partial charge on any atom is -0.477 e. The molecule has 0 saturated carbocycles. The van der Waals surface area contributed by atoms with E-state index in [9.17, 15) is 19.5 Å². The second-order valence-corrected chi connectivity index (χ2v) is 18.1. The summed E-state index contributed by atoms with van der Waals surface area (Å²) in [7, 11) is 5.52. The zero-order valence-corrected chi connectivity index (χ0v) is 40.8. The number of hydrogen-bond acceptors (Lipinski definition) is 6. The molecule has 0 aromatic heterocycles. The van der Waals surface area contributed by atoms with Crippen molar-refractivity contribution in [3.05, 3.63) is 60.8 Å². The second-order valence-electron chi connectivity index (χ2n) is 18.1. The summed E-state index contributed by atoms with van der Waals surface area (Å²) in [5, 5.41) is 9.64. The van der Waals surface area contributed by atoms with Crippen LogP contribution < -0.4 is 0 Å². The van der Waals surface area contributed by atoms with E-state index in [0.717, 1.165) is 64.2 Å². The number of quaternary nitrogens is 1. The minimum absolute atomic E-state index is 0.0482. The summed E-state index contributed by atoms with van der Waals surface area (Å²) in [4.78, 5) is 37.1. The summed E-state index contributed by atoms with van der Waals surface area (Å²) >= 11 is 0. The highest BCUT2D eigenvalue weighted by Gasteiger charge is 2.31. The lowest BCUT2D eigenvalue weighted by molar-refractivity contribution is -0.887. The summed E-state index contributed by atoms with van der Waals surface area (Å²) in [5.41, 5.74) is 0. The van der Waals surface area contributed by atoms with Crippen molar-refractivity contribution in [2.45, 2.75) is 225 Å². The van der Waals surface area contributed by atoms with Crippen molar-refractivity contribution in [1.29, 1.82) is 0 Å². The second kappa shape index (κ2) is 44.6. The molecule has 2 unspecified atom stereocenters. The zero-order chi connectivity index (χ0) is 45.6. The highest BCUT2D eigenvalue weighted by molar-refractivity contribution is 5.72. The highest BCUT2D eigenvalue weighted by atomic mass is 16.6. The molecule has 0 aromatic carbocycles. The zero-order valence-electron chi connectivity index (χ0n) is 40.8. The van der Waals surface area contributed by atoms with Crippen molar-refractivity contribution in [2.24, 2.45) is 0 Å². The van der Waals surface area contributed by atoms with E-state index in [1.165, 1.54) is 116 Å². The van der Waals surface area contributed by atoms with Crippen LogP contribution in [0.1, 0.15) is 213 Å². The molecule has 358 valence electrons. The number of aliphatic carboxylic acids is 1. The number of carbonyl (C=O) groups is 3. The summed E-state index contributed by atoms with van der Waals surface area (Å²) in [6, 6.07) is -0.622. The van der Waals surface area contributed by atoms with Crippen molar-refractivity contribution in [3.8, 4) is 0 Å². The number of carbonyl (C=O) groups excluding carboxylic acids is 2. The molecule has 0 rings (SSSR count). The topological polar surface area (TPSA) is 99.1 Å². The van der Waals surface area contributed by atoms with Crippen LogP contribution in [-0.2, 0) is 28.6 Å². The smallest absolute Gasteiger partial charge is 0.362 e. The first kappa shape index (κ1) is 59.0. The van der Waals surface area contributed by atoms with E-state index >= 15 is 0 Å². The molecule has 0 aliphatic heterocycles. The van der Waals surface area contributed by atoms with Gasteiger partial charge in [-0.05, 0) is 57.8 Å². The predicted octanol–water partition coefficient (Wildman–Crippen LogP) is 14.5. The molecule has 62 heavy (non-hydrogen) atoms. The molecule has 0 amide bonds. The van der Waals surface area contributed by atoms with E-state index in [1.807, 2.05) is 45.4 Å². The van der Waals surface area contributed by atoms with Gasteiger partial charge < -0.3 is 23.8 Å². The molecule has 0 aromatic rings. The van der Waals surface area contributed by atoms with Gasteiger partial charge in [-0.25, -0.2) is 4.79 Å². The largest absolute Gasteiger partial charge is 0.477 e. The van der Waals surface area contributed by atoms with Crippen molar-refractivity contribution >= 4 is 17.9 Å². The molecular formula is C54H96NO7+. The van der Waals surface area contributed by atoms with E-state index in [1.54, 1.807) is 0 Å². The standard InChI is InChI=1S/C54H95NO7/c1-6-8-10-12-14-16-18-20-22-23-24-25-26-27-28-29-31-32-34-36-38-40-42-44-52(56)61-49-50(48-60-47-46-51(54(58)59)55(3,4)5)62-53(57)45-43-41-39-37-35-33-30-21-19-17-15-13-11-9-7-2/h9,11,13,15,17,19,21,27-28,30,50-51H,6-8,10,12,14,16,18,20,22-26,29,31-49H2,1-5H3/p+1/b11-9+,15-13+,19-17+,28-27+,30-21+. The predicted molar refractivity (Wildman–Crippen MR) is 261 cm³/mol. The molecule has 0 aliphatic rings. The number of allylic oxidation sites excluding steroid dienone is 10. The number of hydrogen-bond donors (Lipinski definition) is 1. The summed E-state index contributed by atoms with van der Waals surface area (Å²) < 4.78 is 17.3. The van der Waals surface area contributed by atoms with Crippen LogP contribution in [0.4, 0.5) is 0 Å². The van der Waals surface area contributed by atoms with Crippen molar-refractivity contribution in [1.82, 2.24) is 0 Å². The molecule has 0 spiro atoms. The van der Waals surface area contributed by atoms with Gasteiger partial charge in [-0.3, -0.25) is 9.59 Å².